The Kier molecular flexibility index (Phi) is 5.35. The molecule has 0 unspecified atom stereocenters. The second kappa shape index (κ2) is 6.52. The van der Waals surface area contributed by atoms with Crippen molar-refractivity contribution >= 4 is 17.9 Å². The molecule has 0 saturated carbocycles. The number of carbonyl (C=O) groups is 2. The second-order valence-electron chi connectivity index (χ2n) is 6.89. The van der Waals surface area contributed by atoms with Crippen molar-refractivity contribution in [1.82, 2.24) is 0 Å². The fourth-order valence-electron chi connectivity index (χ4n) is 1.54. The van der Waals surface area contributed by atoms with Crippen LogP contribution in [0.5, 0.6) is 0 Å². The number of hydrogen-bond acceptors (Lipinski definition) is 4. The van der Waals surface area contributed by atoms with E-state index in [2.05, 4.69) is 0 Å². The maximum absolute atomic E-state index is 14.0. The Bertz CT molecular complexity index is 575. The number of anilines is 1. The van der Waals surface area contributed by atoms with Crippen LogP contribution >= 0.6 is 0 Å². The lowest BCUT2D eigenvalue weighted by atomic mass is 10.2. The molecule has 1 rings (SSSR count). The molecule has 0 heterocycles. The van der Waals surface area contributed by atoms with E-state index >= 15 is 0 Å². The van der Waals surface area contributed by atoms with Crippen LogP contribution in [0.25, 0.3) is 0 Å². The largest absolute Gasteiger partial charge is 0.443 e. The van der Waals surface area contributed by atoms with E-state index in [1.807, 2.05) is 0 Å². The normalized spacial score (nSPS) is 11.8. The molecular formula is C16H21F2NO4. The van der Waals surface area contributed by atoms with Crippen LogP contribution in [-0.4, -0.2) is 23.4 Å². The van der Waals surface area contributed by atoms with E-state index in [9.17, 15) is 18.4 Å². The monoisotopic (exact) mass is 329 g/mol. The summed E-state index contributed by atoms with van der Waals surface area (Å²) in [6.07, 6.45) is -2.31. The number of ether oxygens (including phenoxy) is 2. The van der Waals surface area contributed by atoms with Crippen LogP contribution in [-0.2, 0) is 9.47 Å². The van der Waals surface area contributed by atoms with Gasteiger partial charge in [-0.05, 0) is 53.7 Å². The van der Waals surface area contributed by atoms with Gasteiger partial charge in [-0.3, -0.25) is 0 Å². The van der Waals surface area contributed by atoms with Gasteiger partial charge in [0.15, 0.2) is 0 Å². The number of rotatable bonds is 1. The summed E-state index contributed by atoms with van der Waals surface area (Å²) in [7, 11) is 0. The van der Waals surface area contributed by atoms with Gasteiger partial charge in [0.2, 0.25) is 0 Å². The first-order chi connectivity index (χ1) is 10.3. The Morgan fingerprint density at radius 3 is 1.74 bits per heavy atom. The minimum Gasteiger partial charge on any atom is -0.443 e. The number of amides is 2. The predicted molar refractivity (Wildman–Crippen MR) is 81.3 cm³/mol. The lowest BCUT2D eigenvalue weighted by molar-refractivity contribution is 0.0429. The maximum atomic E-state index is 14.0. The van der Waals surface area contributed by atoms with E-state index in [0.717, 1.165) is 18.2 Å². The van der Waals surface area contributed by atoms with E-state index in [4.69, 9.17) is 9.47 Å². The van der Waals surface area contributed by atoms with Gasteiger partial charge in [0.1, 0.15) is 22.8 Å². The molecule has 23 heavy (non-hydrogen) atoms. The average molecular weight is 329 g/mol. The van der Waals surface area contributed by atoms with Crippen LogP contribution in [0.4, 0.5) is 24.1 Å². The first kappa shape index (κ1) is 18.9. The van der Waals surface area contributed by atoms with Gasteiger partial charge in [-0.25, -0.2) is 18.4 Å². The van der Waals surface area contributed by atoms with Crippen molar-refractivity contribution in [2.45, 2.75) is 52.7 Å². The van der Waals surface area contributed by atoms with Crippen molar-refractivity contribution in [2.24, 2.45) is 0 Å². The highest BCUT2D eigenvalue weighted by molar-refractivity contribution is 6.09. The molecule has 0 spiro atoms. The third-order valence-electron chi connectivity index (χ3n) is 2.30. The molecule has 0 aliphatic heterocycles. The van der Waals surface area contributed by atoms with Gasteiger partial charge in [0, 0.05) is 6.07 Å². The number of halogens is 2. The number of carbonyl (C=O) groups excluding carboxylic acids is 2. The standard InChI is InChI=1S/C16H21F2NO4/c1-15(2,3)22-13(20)19(14(21)23-16(4,5)6)12-9-10(17)7-8-11(12)18/h7-9H,1-6H3. The molecule has 128 valence electrons. The van der Waals surface area contributed by atoms with Gasteiger partial charge in [-0.2, -0.15) is 4.90 Å². The Balaban J connectivity index is 3.28. The SMILES string of the molecule is CC(C)(C)OC(=O)N(C(=O)OC(C)(C)C)c1cc(F)ccc1F. The van der Waals surface area contributed by atoms with Crippen LogP contribution in [0.2, 0.25) is 0 Å². The smallest absolute Gasteiger partial charge is 0.424 e. The fraction of sp³-hybridized carbons (Fsp3) is 0.500. The number of benzene rings is 1. The molecular weight excluding hydrogens is 308 g/mol. The number of hydrogen-bond donors (Lipinski definition) is 0. The minimum absolute atomic E-state index is 0.342. The minimum atomic E-state index is -1.16. The molecule has 0 aliphatic rings. The van der Waals surface area contributed by atoms with E-state index in [1.54, 1.807) is 41.5 Å². The summed E-state index contributed by atoms with van der Waals surface area (Å²) < 4.78 is 37.6. The topological polar surface area (TPSA) is 55.8 Å². The van der Waals surface area contributed by atoms with Gasteiger partial charge in [0.05, 0.1) is 5.69 Å². The maximum Gasteiger partial charge on any atom is 0.424 e. The van der Waals surface area contributed by atoms with Crippen LogP contribution in [0, 0.1) is 11.6 Å². The van der Waals surface area contributed by atoms with E-state index < -0.39 is 40.7 Å². The first-order valence-electron chi connectivity index (χ1n) is 7.01. The molecule has 0 radical (unpaired) electrons. The van der Waals surface area contributed by atoms with Gasteiger partial charge >= 0.3 is 12.2 Å². The number of nitrogens with zero attached hydrogens (tertiary/aromatic N) is 1. The van der Waals surface area contributed by atoms with Crippen molar-refractivity contribution in [3.8, 4) is 0 Å². The lowest BCUT2D eigenvalue weighted by Gasteiger charge is -2.28. The summed E-state index contributed by atoms with van der Waals surface area (Å²) in [6, 6.07) is 2.41. The fourth-order valence-corrected chi connectivity index (χ4v) is 1.54. The van der Waals surface area contributed by atoms with Crippen molar-refractivity contribution in [3.05, 3.63) is 29.8 Å². The van der Waals surface area contributed by atoms with E-state index in [1.165, 1.54) is 0 Å². The van der Waals surface area contributed by atoms with Gasteiger partial charge in [-0.15, -0.1) is 0 Å². The molecule has 2 amide bonds. The van der Waals surface area contributed by atoms with Crippen LogP contribution in [0.1, 0.15) is 41.5 Å². The van der Waals surface area contributed by atoms with Crippen LogP contribution in [0.3, 0.4) is 0 Å². The van der Waals surface area contributed by atoms with E-state index in [-0.39, 0.29) is 0 Å². The molecule has 0 bridgehead atoms. The molecule has 5 nitrogen and oxygen atoms in total. The van der Waals surface area contributed by atoms with Crippen LogP contribution < -0.4 is 4.90 Å². The number of imide groups is 1. The molecule has 1 aromatic carbocycles. The lowest BCUT2D eigenvalue weighted by Crippen LogP contribution is -2.44. The predicted octanol–water partition coefficient (Wildman–Crippen LogP) is 4.64. The van der Waals surface area contributed by atoms with Crippen LogP contribution in [0.15, 0.2) is 18.2 Å². The first-order valence-corrected chi connectivity index (χ1v) is 7.01. The van der Waals surface area contributed by atoms with Crippen molar-refractivity contribution < 1.29 is 27.8 Å². The average Bonchev–Trinajstić information content (AvgIpc) is 2.29. The molecule has 0 fully saturated rings. The Morgan fingerprint density at radius 1 is 0.913 bits per heavy atom. The molecule has 0 aliphatic carbocycles. The molecule has 0 saturated heterocycles. The molecule has 7 heteroatoms. The Labute approximate surface area is 134 Å². The summed E-state index contributed by atoms with van der Waals surface area (Å²) in [6.45, 7) is 9.50. The Morgan fingerprint density at radius 2 is 1.35 bits per heavy atom. The quantitative estimate of drug-likeness (QED) is 0.753. The zero-order chi connectivity index (χ0) is 18.0. The summed E-state index contributed by atoms with van der Waals surface area (Å²) >= 11 is 0. The van der Waals surface area contributed by atoms with E-state index in [0.29, 0.717) is 4.90 Å². The summed E-state index contributed by atoms with van der Waals surface area (Å²) in [5.74, 6) is -1.76. The van der Waals surface area contributed by atoms with Crippen molar-refractivity contribution in [1.29, 1.82) is 0 Å². The third kappa shape index (κ3) is 5.84. The molecule has 0 N–H and O–H groups in total. The zero-order valence-electron chi connectivity index (χ0n) is 14.1. The van der Waals surface area contributed by atoms with Gasteiger partial charge < -0.3 is 9.47 Å². The molecule has 0 aromatic heterocycles. The van der Waals surface area contributed by atoms with Crippen molar-refractivity contribution in [2.75, 3.05) is 4.90 Å². The van der Waals surface area contributed by atoms with Gasteiger partial charge in [0.25, 0.3) is 0 Å². The Hall–Kier alpha value is -2.18. The van der Waals surface area contributed by atoms with Crippen molar-refractivity contribution in [3.63, 3.8) is 0 Å². The summed E-state index contributed by atoms with van der Waals surface area (Å²) in [5.41, 5.74) is -2.43. The highest BCUT2D eigenvalue weighted by Gasteiger charge is 2.34. The summed E-state index contributed by atoms with van der Waals surface area (Å²) in [5, 5.41) is 0. The summed E-state index contributed by atoms with van der Waals surface area (Å²) in [4.78, 5) is 24.9. The second-order valence-corrected chi connectivity index (χ2v) is 6.89. The third-order valence-corrected chi connectivity index (χ3v) is 2.30. The highest BCUT2D eigenvalue weighted by Crippen LogP contribution is 2.25. The van der Waals surface area contributed by atoms with Gasteiger partial charge in [-0.1, -0.05) is 0 Å². The molecule has 0 atom stereocenters. The zero-order valence-corrected chi connectivity index (χ0v) is 14.1. The highest BCUT2D eigenvalue weighted by atomic mass is 19.1. The molecule has 1 aromatic rings.